The first kappa shape index (κ1) is 18.7. The first-order valence-electron chi connectivity index (χ1n) is 9.21. The van der Waals surface area contributed by atoms with Crippen molar-refractivity contribution in [2.45, 2.75) is 32.2 Å². The van der Waals surface area contributed by atoms with E-state index in [0.717, 1.165) is 35.4 Å². The molecule has 0 bridgehead atoms. The standard InChI is InChI=1S/C22H24N2O3/c1-23-20(17-11-5-2-6-12-17)21(18-13-7-3-8-14-18)24(22(23)27)16-10-4-9-15-19(25)26/h2-3,5-8,11-14H,4,9-10,15-16H2,1H3,(H,25,26). The molecule has 0 aliphatic carbocycles. The molecule has 140 valence electrons. The molecular weight excluding hydrogens is 340 g/mol. The van der Waals surface area contributed by atoms with Gasteiger partial charge in [0, 0.05) is 31.1 Å². The molecule has 5 heteroatoms. The molecular formula is C22H24N2O3. The molecule has 1 N–H and O–H groups in total. The molecule has 1 heterocycles. The number of carboxylic acids is 1. The number of imidazole rings is 1. The Bertz CT molecular complexity index is 956. The smallest absolute Gasteiger partial charge is 0.328 e. The highest BCUT2D eigenvalue weighted by Crippen LogP contribution is 2.31. The van der Waals surface area contributed by atoms with Gasteiger partial charge in [-0.2, -0.15) is 0 Å². The number of aromatic nitrogens is 2. The van der Waals surface area contributed by atoms with Gasteiger partial charge in [-0.3, -0.25) is 13.9 Å². The van der Waals surface area contributed by atoms with E-state index in [1.165, 1.54) is 0 Å². The van der Waals surface area contributed by atoms with E-state index in [1.807, 2.05) is 65.2 Å². The number of carboxylic acid groups (broad SMARTS) is 1. The van der Waals surface area contributed by atoms with E-state index in [2.05, 4.69) is 0 Å². The fourth-order valence-electron chi connectivity index (χ4n) is 3.40. The van der Waals surface area contributed by atoms with Gasteiger partial charge in [-0.1, -0.05) is 67.1 Å². The van der Waals surface area contributed by atoms with E-state index < -0.39 is 5.97 Å². The number of rotatable bonds is 8. The molecule has 5 nitrogen and oxygen atoms in total. The summed E-state index contributed by atoms with van der Waals surface area (Å²) < 4.78 is 3.52. The molecule has 0 aliphatic rings. The lowest BCUT2D eigenvalue weighted by atomic mass is 10.0. The van der Waals surface area contributed by atoms with Crippen LogP contribution in [0.1, 0.15) is 25.7 Å². The number of aliphatic carboxylic acids is 1. The van der Waals surface area contributed by atoms with Crippen LogP contribution < -0.4 is 5.69 Å². The number of hydrogen-bond donors (Lipinski definition) is 1. The summed E-state index contributed by atoms with van der Waals surface area (Å²) in [6.07, 6.45) is 2.35. The Balaban J connectivity index is 2.00. The summed E-state index contributed by atoms with van der Waals surface area (Å²) in [5, 5.41) is 8.77. The number of carbonyl (C=O) groups is 1. The molecule has 0 saturated heterocycles. The maximum absolute atomic E-state index is 13.0. The van der Waals surface area contributed by atoms with Crippen molar-refractivity contribution in [2.24, 2.45) is 7.05 Å². The van der Waals surface area contributed by atoms with Crippen molar-refractivity contribution in [1.29, 1.82) is 0 Å². The van der Waals surface area contributed by atoms with Crippen molar-refractivity contribution >= 4 is 5.97 Å². The fraction of sp³-hybridized carbons (Fsp3) is 0.273. The van der Waals surface area contributed by atoms with Gasteiger partial charge in [-0.05, 0) is 12.8 Å². The van der Waals surface area contributed by atoms with Gasteiger partial charge in [0.2, 0.25) is 0 Å². The predicted octanol–water partition coefficient (Wildman–Crippen LogP) is 4.17. The van der Waals surface area contributed by atoms with Gasteiger partial charge in [0.25, 0.3) is 0 Å². The van der Waals surface area contributed by atoms with Crippen molar-refractivity contribution in [1.82, 2.24) is 9.13 Å². The van der Waals surface area contributed by atoms with Gasteiger partial charge >= 0.3 is 11.7 Å². The van der Waals surface area contributed by atoms with Crippen LogP contribution in [0, 0.1) is 0 Å². The van der Waals surface area contributed by atoms with Crippen LogP contribution in [0.5, 0.6) is 0 Å². The van der Waals surface area contributed by atoms with E-state index in [9.17, 15) is 9.59 Å². The lowest BCUT2D eigenvalue weighted by Crippen LogP contribution is -2.23. The lowest BCUT2D eigenvalue weighted by molar-refractivity contribution is -0.137. The van der Waals surface area contributed by atoms with Crippen LogP contribution in [0.25, 0.3) is 22.5 Å². The third kappa shape index (κ3) is 4.19. The van der Waals surface area contributed by atoms with Gasteiger partial charge in [0.1, 0.15) is 0 Å². The first-order valence-corrected chi connectivity index (χ1v) is 9.21. The molecule has 2 aromatic carbocycles. The summed E-state index contributed by atoms with van der Waals surface area (Å²) in [5.41, 5.74) is 3.76. The zero-order valence-corrected chi connectivity index (χ0v) is 15.5. The normalized spacial score (nSPS) is 10.9. The first-order chi connectivity index (χ1) is 13.1. The molecule has 0 unspecified atom stereocenters. The SMILES string of the molecule is Cn1c(-c2ccccc2)c(-c2ccccc2)n(CCCCCC(=O)O)c1=O. The average molecular weight is 364 g/mol. The maximum atomic E-state index is 13.0. The second-order valence-electron chi connectivity index (χ2n) is 6.63. The van der Waals surface area contributed by atoms with Crippen molar-refractivity contribution in [3.05, 3.63) is 71.1 Å². The molecule has 27 heavy (non-hydrogen) atoms. The summed E-state index contributed by atoms with van der Waals surface area (Å²) in [4.78, 5) is 23.6. The van der Waals surface area contributed by atoms with Gasteiger partial charge in [0.05, 0.1) is 11.4 Å². The van der Waals surface area contributed by atoms with Crippen LogP contribution in [0.2, 0.25) is 0 Å². The molecule has 0 spiro atoms. The predicted molar refractivity (Wildman–Crippen MR) is 107 cm³/mol. The lowest BCUT2D eigenvalue weighted by Gasteiger charge is -2.11. The molecule has 0 amide bonds. The molecule has 0 aliphatic heterocycles. The fourth-order valence-corrected chi connectivity index (χ4v) is 3.40. The number of nitrogens with zero attached hydrogens (tertiary/aromatic N) is 2. The monoisotopic (exact) mass is 364 g/mol. The van der Waals surface area contributed by atoms with E-state index in [1.54, 1.807) is 11.6 Å². The van der Waals surface area contributed by atoms with Gasteiger partial charge in [-0.25, -0.2) is 4.79 Å². The molecule has 0 radical (unpaired) electrons. The summed E-state index contributed by atoms with van der Waals surface area (Å²) in [6, 6.07) is 19.9. The van der Waals surface area contributed by atoms with E-state index in [4.69, 9.17) is 5.11 Å². The highest BCUT2D eigenvalue weighted by atomic mass is 16.4. The minimum Gasteiger partial charge on any atom is -0.481 e. The average Bonchev–Trinajstić information content (AvgIpc) is 2.94. The molecule has 3 aromatic rings. The van der Waals surface area contributed by atoms with Crippen molar-refractivity contribution in [2.75, 3.05) is 0 Å². The minimum atomic E-state index is -0.775. The van der Waals surface area contributed by atoms with E-state index in [-0.39, 0.29) is 12.1 Å². The molecule has 0 atom stereocenters. The Morgan fingerprint density at radius 3 is 1.96 bits per heavy atom. The Morgan fingerprint density at radius 1 is 0.852 bits per heavy atom. The zero-order valence-electron chi connectivity index (χ0n) is 15.5. The van der Waals surface area contributed by atoms with Crippen LogP contribution >= 0.6 is 0 Å². The van der Waals surface area contributed by atoms with Crippen LogP contribution in [0.3, 0.4) is 0 Å². The molecule has 3 rings (SSSR count). The molecule has 1 aromatic heterocycles. The summed E-state index contributed by atoms with van der Waals surface area (Å²) in [5.74, 6) is -0.775. The van der Waals surface area contributed by atoms with Gasteiger partial charge in [-0.15, -0.1) is 0 Å². The third-order valence-electron chi connectivity index (χ3n) is 4.71. The number of benzene rings is 2. The quantitative estimate of drug-likeness (QED) is 0.610. The topological polar surface area (TPSA) is 64.2 Å². The van der Waals surface area contributed by atoms with E-state index in [0.29, 0.717) is 13.0 Å². The molecule has 0 fully saturated rings. The zero-order chi connectivity index (χ0) is 19.2. The van der Waals surface area contributed by atoms with Crippen LogP contribution in [0.15, 0.2) is 65.5 Å². The van der Waals surface area contributed by atoms with Crippen molar-refractivity contribution in [3.8, 4) is 22.5 Å². The minimum absolute atomic E-state index is 0.0501. The maximum Gasteiger partial charge on any atom is 0.328 e. The number of unbranched alkanes of at least 4 members (excludes halogenated alkanes) is 2. The number of hydrogen-bond acceptors (Lipinski definition) is 2. The summed E-state index contributed by atoms with van der Waals surface area (Å²) in [6.45, 7) is 0.573. The molecule has 0 saturated carbocycles. The second-order valence-corrected chi connectivity index (χ2v) is 6.63. The van der Waals surface area contributed by atoms with Crippen molar-refractivity contribution in [3.63, 3.8) is 0 Å². The van der Waals surface area contributed by atoms with Gasteiger partial charge < -0.3 is 5.11 Å². The Kier molecular flexibility index (Phi) is 5.91. The third-order valence-corrected chi connectivity index (χ3v) is 4.71. The highest BCUT2D eigenvalue weighted by molar-refractivity contribution is 5.79. The van der Waals surface area contributed by atoms with Crippen LogP contribution in [-0.2, 0) is 18.4 Å². The largest absolute Gasteiger partial charge is 0.481 e. The van der Waals surface area contributed by atoms with Crippen LogP contribution in [0.4, 0.5) is 0 Å². The Labute approximate surface area is 158 Å². The Morgan fingerprint density at radius 2 is 1.41 bits per heavy atom. The van der Waals surface area contributed by atoms with Crippen LogP contribution in [-0.4, -0.2) is 20.2 Å². The Hall–Kier alpha value is -3.08. The highest BCUT2D eigenvalue weighted by Gasteiger charge is 2.20. The van der Waals surface area contributed by atoms with E-state index >= 15 is 0 Å². The van der Waals surface area contributed by atoms with Gasteiger partial charge in [0.15, 0.2) is 0 Å². The second kappa shape index (κ2) is 8.54. The summed E-state index contributed by atoms with van der Waals surface area (Å²) in [7, 11) is 1.80. The van der Waals surface area contributed by atoms with Crippen molar-refractivity contribution < 1.29 is 9.90 Å². The summed E-state index contributed by atoms with van der Waals surface area (Å²) >= 11 is 0.